The topological polar surface area (TPSA) is 85.8 Å². The molecule has 1 N–H and O–H groups in total. The van der Waals surface area contributed by atoms with Crippen molar-refractivity contribution in [3.63, 3.8) is 0 Å². The molecule has 0 fully saturated rings. The maximum Gasteiger partial charge on any atom is 0.337 e. The van der Waals surface area contributed by atoms with Crippen molar-refractivity contribution in [2.45, 2.75) is 13.5 Å². The molecule has 0 radical (unpaired) electrons. The van der Waals surface area contributed by atoms with E-state index in [-0.39, 0.29) is 5.56 Å². The fourth-order valence-corrected chi connectivity index (χ4v) is 2.23. The van der Waals surface area contributed by atoms with Gasteiger partial charge >= 0.3 is 5.97 Å². The quantitative estimate of drug-likeness (QED) is 0.774. The number of nitrogens with zero attached hydrogens (tertiary/aromatic N) is 5. The van der Waals surface area contributed by atoms with E-state index in [1.807, 2.05) is 17.6 Å². The van der Waals surface area contributed by atoms with Gasteiger partial charge in [0.1, 0.15) is 17.7 Å². The van der Waals surface area contributed by atoms with Crippen molar-refractivity contribution in [3.05, 3.63) is 41.7 Å². The van der Waals surface area contributed by atoms with Gasteiger partial charge in [0, 0.05) is 7.05 Å². The third-order valence-electron chi connectivity index (χ3n) is 3.15. The first-order valence-corrected chi connectivity index (χ1v) is 6.10. The molecule has 2 aromatic heterocycles. The summed E-state index contributed by atoms with van der Waals surface area (Å²) >= 11 is 0. The highest BCUT2D eigenvalue weighted by atomic mass is 16.4. The molecule has 0 saturated carbocycles. The summed E-state index contributed by atoms with van der Waals surface area (Å²) in [5.41, 5.74) is 1.47. The molecule has 7 heteroatoms. The molecule has 0 saturated heterocycles. The van der Waals surface area contributed by atoms with Crippen molar-refractivity contribution >= 4 is 17.0 Å². The van der Waals surface area contributed by atoms with Crippen LogP contribution in [0.5, 0.6) is 0 Å². The van der Waals surface area contributed by atoms with Crippen LogP contribution in [0.1, 0.15) is 22.0 Å². The normalized spacial score (nSPS) is 11.1. The summed E-state index contributed by atoms with van der Waals surface area (Å²) in [5, 5.41) is 13.4. The second-order valence-electron chi connectivity index (χ2n) is 4.56. The molecule has 0 atom stereocenters. The van der Waals surface area contributed by atoms with Crippen LogP contribution in [0.15, 0.2) is 24.5 Å². The number of imidazole rings is 1. The number of rotatable bonds is 3. The molecule has 102 valence electrons. The van der Waals surface area contributed by atoms with Gasteiger partial charge in [-0.1, -0.05) is 6.07 Å². The van der Waals surface area contributed by atoms with E-state index in [9.17, 15) is 9.90 Å². The lowest BCUT2D eigenvalue weighted by Crippen LogP contribution is -2.04. The summed E-state index contributed by atoms with van der Waals surface area (Å²) in [5.74, 6) is 0.424. The Kier molecular flexibility index (Phi) is 2.74. The van der Waals surface area contributed by atoms with Gasteiger partial charge in [0.05, 0.1) is 17.6 Å². The zero-order valence-corrected chi connectivity index (χ0v) is 11.1. The summed E-state index contributed by atoms with van der Waals surface area (Å²) in [4.78, 5) is 19.8. The predicted octanol–water partition coefficient (Wildman–Crippen LogP) is 1.22. The molecule has 0 aliphatic carbocycles. The van der Waals surface area contributed by atoms with Gasteiger partial charge in [-0.05, 0) is 19.1 Å². The van der Waals surface area contributed by atoms with Crippen molar-refractivity contribution in [1.29, 1.82) is 0 Å². The SMILES string of the molecule is Cc1nc2c(C(=O)O)cccc2n1Cc1ncn(C)n1. The number of aromatic nitrogens is 5. The molecule has 0 aliphatic heterocycles. The van der Waals surface area contributed by atoms with Gasteiger partial charge in [0.15, 0.2) is 5.82 Å². The molecule has 0 bridgehead atoms. The minimum atomic E-state index is -0.976. The van der Waals surface area contributed by atoms with Crippen molar-refractivity contribution < 1.29 is 9.90 Å². The van der Waals surface area contributed by atoms with Crippen LogP contribution in [0, 0.1) is 6.92 Å². The van der Waals surface area contributed by atoms with E-state index in [4.69, 9.17) is 0 Å². The Balaban J connectivity index is 2.14. The number of hydrogen-bond acceptors (Lipinski definition) is 4. The Morgan fingerprint density at radius 1 is 1.40 bits per heavy atom. The Labute approximate surface area is 114 Å². The molecule has 3 rings (SSSR count). The molecule has 20 heavy (non-hydrogen) atoms. The second kappa shape index (κ2) is 4.44. The minimum Gasteiger partial charge on any atom is -0.478 e. The van der Waals surface area contributed by atoms with Crippen LogP contribution in [0.2, 0.25) is 0 Å². The van der Waals surface area contributed by atoms with Crippen LogP contribution in [-0.4, -0.2) is 35.4 Å². The number of fused-ring (bicyclic) bond motifs is 1. The van der Waals surface area contributed by atoms with Crippen LogP contribution in [-0.2, 0) is 13.6 Å². The average Bonchev–Trinajstić information content (AvgIpc) is 2.94. The molecule has 1 aromatic carbocycles. The first-order valence-electron chi connectivity index (χ1n) is 6.10. The number of aromatic carboxylic acids is 1. The number of carboxylic acid groups (broad SMARTS) is 1. The molecule has 7 nitrogen and oxygen atoms in total. The Hall–Kier alpha value is -2.70. The van der Waals surface area contributed by atoms with Crippen LogP contribution >= 0.6 is 0 Å². The van der Waals surface area contributed by atoms with Crippen LogP contribution in [0.25, 0.3) is 11.0 Å². The third kappa shape index (κ3) is 1.93. The zero-order valence-electron chi connectivity index (χ0n) is 11.1. The summed E-state index contributed by atoms with van der Waals surface area (Å²) < 4.78 is 3.55. The van der Waals surface area contributed by atoms with Gasteiger partial charge in [0.25, 0.3) is 0 Å². The van der Waals surface area contributed by atoms with Crippen LogP contribution < -0.4 is 0 Å². The van der Waals surface area contributed by atoms with Gasteiger partial charge in [0.2, 0.25) is 0 Å². The van der Waals surface area contributed by atoms with Crippen LogP contribution in [0.4, 0.5) is 0 Å². The van der Waals surface area contributed by atoms with Gasteiger partial charge in [-0.15, -0.1) is 0 Å². The minimum absolute atomic E-state index is 0.207. The van der Waals surface area contributed by atoms with E-state index in [0.29, 0.717) is 17.9 Å². The Morgan fingerprint density at radius 2 is 2.20 bits per heavy atom. The molecule has 3 aromatic rings. The predicted molar refractivity (Wildman–Crippen MR) is 71.5 cm³/mol. The highest BCUT2D eigenvalue weighted by molar-refractivity contribution is 6.01. The van der Waals surface area contributed by atoms with Crippen LogP contribution in [0.3, 0.4) is 0 Å². The van der Waals surface area contributed by atoms with Gasteiger partial charge < -0.3 is 9.67 Å². The maximum atomic E-state index is 11.2. The van der Waals surface area contributed by atoms with E-state index in [2.05, 4.69) is 15.1 Å². The molecule has 0 spiro atoms. The molecule has 2 heterocycles. The summed E-state index contributed by atoms with van der Waals surface area (Å²) in [6, 6.07) is 5.13. The number of benzene rings is 1. The van der Waals surface area contributed by atoms with Gasteiger partial charge in [-0.2, -0.15) is 5.10 Å². The Bertz CT molecular complexity index is 802. The highest BCUT2D eigenvalue weighted by Gasteiger charge is 2.15. The first-order chi connectivity index (χ1) is 9.56. The lowest BCUT2D eigenvalue weighted by molar-refractivity contribution is 0.0699. The monoisotopic (exact) mass is 271 g/mol. The van der Waals surface area contributed by atoms with E-state index in [0.717, 1.165) is 11.3 Å². The summed E-state index contributed by atoms with van der Waals surface area (Å²) in [6.07, 6.45) is 1.63. The lowest BCUT2D eigenvalue weighted by atomic mass is 10.2. The maximum absolute atomic E-state index is 11.2. The largest absolute Gasteiger partial charge is 0.478 e. The van der Waals surface area contributed by atoms with Gasteiger partial charge in [-0.25, -0.2) is 14.8 Å². The third-order valence-corrected chi connectivity index (χ3v) is 3.15. The lowest BCUT2D eigenvalue weighted by Gasteiger charge is -2.03. The molecule has 0 unspecified atom stereocenters. The molecule has 0 aliphatic rings. The van der Waals surface area contributed by atoms with Gasteiger partial charge in [-0.3, -0.25) is 4.68 Å². The number of aryl methyl sites for hydroxylation is 2. The first kappa shape index (κ1) is 12.3. The Morgan fingerprint density at radius 3 is 2.85 bits per heavy atom. The van der Waals surface area contributed by atoms with E-state index < -0.39 is 5.97 Å². The highest BCUT2D eigenvalue weighted by Crippen LogP contribution is 2.20. The van der Waals surface area contributed by atoms with E-state index >= 15 is 0 Å². The van der Waals surface area contributed by atoms with Crippen molar-refractivity contribution in [3.8, 4) is 0 Å². The number of carbonyl (C=O) groups is 1. The number of para-hydroxylation sites is 1. The van der Waals surface area contributed by atoms with E-state index in [1.54, 1.807) is 30.2 Å². The standard InChI is InChI=1S/C13H13N5O2/c1-8-15-12-9(13(19)20)4-3-5-10(12)18(8)6-11-14-7-17(2)16-11/h3-5,7H,6H2,1-2H3,(H,19,20). The summed E-state index contributed by atoms with van der Waals surface area (Å²) in [6.45, 7) is 2.31. The van der Waals surface area contributed by atoms with Crippen molar-refractivity contribution in [2.75, 3.05) is 0 Å². The summed E-state index contributed by atoms with van der Waals surface area (Å²) in [7, 11) is 1.80. The average molecular weight is 271 g/mol. The molecule has 0 amide bonds. The zero-order chi connectivity index (χ0) is 14.3. The van der Waals surface area contributed by atoms with E-state index in [1.165, 1.54) is 0 Å². The molecular weight excluding hydrogens is 258 g/mol. The smallest absolute Gasteiger partial charge is 0.337 e. The molecular formula is C13H13N5O2. The van der Waals surface area contributed by atoms with Crippen molar-refractivity contribution in [1.82, 2.24) is 24.3 Å². The van der Waals surface area contributed by atoms with Crippen molar-refractivity contribution in [2.24, 2.45) is 7.05 Å². The number of carboxylic acids is 1. The number of hydrogen-bond donors (Lipinski definition) is 1. The fraction of sp³-hybridized carbons (Fsp3) is 0.231. The second-order valence-corrected chi connectivity index (χ2v) is 4.56. The fourth-order valence-electron chi connectivity index (χ4n) is 2.23.